The second-order valence-corrected chi connectivity index (χ2v) is 2.88. The first-order valence-electron chi connectivity index (χ1n) is 1.54. The van der Waals surface area contributed by atoms with Gasteiger partial charge >= 0.3 is 0 Å². The second-order valence-electron chi connectivity index (χ2n) is 0.913. The molecule has 0 aliphatic carbocycles. The largest absolute Gasteiger partial charge is 0.239 e. The Morgan fingerprint density at radius 1 is 2.00 bits per heavy atom. The maximum absolute atomic E-state index is 3.55. The molecule has 0 rings (SSSR count). The average molecular weight is 180 g/mol. The van der Waals surface area contributed by atoms with Crippen LogP contribution in [0.3, 0.4) is 0 Å². The molecule has 0 aromatic rings. The number of hydrogen-bond acceptors (Lipinski definition) is 0. The molecule has 0 atom stereocenters. The fourth-order valence-corrected chi connectivity index (χ4v) is 0. The Labute approximate surface area is 46.6 Å². The van der Waals surface area contributed by atoms with E-state index in [1.807, 2.05) is 5.98 Å². The Hall–Kier alpha value is 0.535. The van der Waals surface area contributed by atoms with Gasteiger partial charge in [0.1, 0.15) is 0 Å². The zero-order chi connectivity index (χ0) is 4.28. The molecule has 2 heteroatoms. The molecule has 0 unspecified atom stereocenters. The Morgan fingerprint density at radius 3 is 2.20 bits per heavy atom. The average Bonchev–Trinajstić information content (AvgIpc) is 1.38. The van der Waals surface area contributed by atoms with Crippen molar-refractivity contribution in [2.75, 3.05) is 0 Å². The van der Waals surface area contributed by atoms with Crippen molar-refractivity contribution in [1.82, 2.24) is 0 Å². The molecule has 5 heavy (non-hydrogen) atoms. The van der Waals surface area contributed by atoms with Crippen molar-refractivity contribution in [1.29, 1.82) is 0 Å². The Morgan fingerprint density at radius 2 is 2.20 bits per heavy atom. The Bertz CT molecular complexity index is 33.9. The summed E-state index contributed by atoms with van der Waals surface area (Å²) in [7, 11) is 0. The van der Waals surface area contributed by atoms with Gasteiger partial charge in [-0.15, -0.1) is 34.9 Å². The molecule has 0 N–H and O–H groups in total. The molecule has 0 aliphatic rings. The van der Waals surface area contributed by atoms with E-state index in [1.54, 1.807) is 0 Å². The molecule has 0 radical (unpaired) electrons. The first-order chi connectivity index (χ1) is 2.27. The standard InChI is InChI=1S/C3H6BI/c1-3-4(2)5/h3H,1H2,2H3. The monoisotopic (exact) mass is 180 g/mol. The van der Waals surface area contributed by atoms with Crippen LogP contribution < -0.4 is 0 Å². The van der Waals surface area contributed by atoms with Crippen LogP contribution >= 0.6 is 22.4 Å². The molecule has 0 aromatic carbocycles. The van der Waals surface area contributed by atoms with Crippen LogP contribution in [0.4, 0.5) is 0 Å². The van der Waals surface area contributed by atoms with Crippen LogP contribution in [0.1, 0.15) is 0 Å². The minimum atomic E-state index is 0.618. The highest BCUT2D eigenvalue weighted by atomic mass is 127. The van der Waals surface area contributed by atoms with Crippen molar-refractivity contribution in [2.45, 2.75) is 6.82 Å². The van der Waals surface area contributed by atoms with E-state index in [0.717, 1.165) is 0 Å². The fourth-order valence-electron chi connectivity index (χ4n) is 0. The van der Waals surface area contributed by atoms with Crippen molar-refractivity contribution in [3.05, 3.63) is 12.6 Å². The zero-order valence-corrected chi connectivity index (χ0v) is 5.40. The lowest BCUT2D eigenvalue weighted by Crippen LogP contribution is -1.82. The SMILES string of the molecule is C=CB(C)I. The summed E-state index contributed by atoms with van der Waals surface area (Å²) in [5.41, 5.74) is 0. The predicted molar refractivity (Wildman–Crippen MR) is 35.8 cm³/mol. The van der Waals surface area contributed by atoms with Crippen LogP contribution in [0.2, 0.25) is 6.82 Å². The predicted octanol–water partition coefficient (Wildman–Crippen LogP) is 1.77. The lowest BCUT2D eigenvalue weighted by atomic mass is 9.83. The fraction of sp³-hybridized carbons (Fsp3) is 0.333. The maximum Gasteiger partial charge on any atom is 0.239 e. The van der Waals surface area contributed by atoms with Gasteiger partial charge in [-0.05, 0) is 0 Å². The van der Waals surface area contributed by atoms with Gasteiger partial charge in [-0.25, -0.2) is 0 Å². The van der Waals surface area contributed by atoms with E-state index in [0.29, 0.717) is 4.57 Å². The van der Waals surface area contributed by atoms with Crippen molar-refractivity contribution in [2.24, 2.45) is 0 Å². The van der Waals surface area contributed by atoms with Gasteiger partial charge in [-0.2, -0.15) is 0 Å². The molecule has 0 amide bonds. The molecule has 0 aliphatic heterocycles. The third-order valence-corrected chi connectivity index (χ3v) is 0.833. The van der Waals surface area contributed by atoms with Crippen molar-refractivity contribution in [3.8, 4) is 0 Å². The third kappa shape index (κ3) is 4.53. The van der Waals surface area contributed by atoms with Crippen LogP contribution in [-0.2, 0) is 0 Å². The molecule has 0 spiro atoms. The topological polar surface area (TPSA) is 0 Å². The highest BCUT2D eigenvalue weighted by Gasteiger charge is 1.85. The molecular weight excluding hydrogens is 174 g/mol. The number of halogens is 1. The minimum Gasteiger partial charge on any atom is -0.144 e. The van der Waals surface area contributed by atoms with Crippen molar-refractivity contribution in [3.63, 3.8) is 0 Å². The summed E-state index contributed by atoms with van der Waals surface area (Å²) in [6.07, 6.45) is 0. The molecule has 0 fully saturated rings. The lowest BCUT2D eigenvalue weighted by molar-refractivity contribution is 2.25. The number of hydrogen-bond donors (Lipinski definition) is 0. The summed E-state index contributed by atoms with van der Waals surface area (Å²) >= 11 is 2.29. The Kier molecular flexibility index (Phi) is 3.05. The lowest BCUT2D eigenvalue weighted by Gasteiger charge is -1.74. The normalized spacial score (nSPS) is 6.80. The molecule has 0 bridgehead atoms. The molecular formula is C3H6BI. The summed E-state index contributed by atoms with van der Waals surface area (Å²) in [5.74, 6) is 1.90. The van der Waals surface area contributed by atoms with E-state index >= 15 is 0 Å². The van der Waals surface area contributed by atoms with E-state index < -0.39 is 0 Å². The van der Waals surface area contributed by atoms with Gasteiger partial charge in [0.2, 0.25) is 4.57 Å². The summed E-state index contributed by atoms with van der Waals surface area (Å²) < 4.78 is 0.618. The van der Waals surface area contributed by atoms with E-state index in [2.05, 4.69) is 35.8 Å². The molecule has 0 aromatic heterocycles. The minimum absolute atomic E-state index is 0.618. The molecule has 0 heterocycles. The summed E-state index contributed by atoms with van der Waals surface area (Å²) in [4.78, 5) is 0. The molecule has 0 nitrogen and oxygen atoms in total. The van der Waals surface area contributed by atoms with Crippen molar-refractivity contribution >= 4 is 26.9 Å². The van der Waals surface area contributed by atoms with Crippen LogP contribution in [0.25, 0.3) is 0 Å². The van der Waals surface area contributed by atoms with Gasteiger partial charge in [-0.1, -0.05) is 6.82 Å². The maximum atomic E-state index is 3.55. The first-order valence-corrected chi connectivity index (χ1v) is 2.78. The molecule has 28 valence electrons. The van der Waals surface area contributed by atoms with Crippen LogP contribution in [0.5, 0.6) is 0 Å². The first kappa shape index (κ1) is 5.53. The highest BCUT2D eigenvalue weighted by molar-refractivity contribution is 14.1. The quantitative estimate of drug-likeness (QED) is 0.425. The third-order valence-electron chi connectivity index (χ3n) is 0.325. The molecule has 0 saturated heterocycles. The summed E-state index contributed by atoms with van der Waals surface area (Å²) in [6, 6.07) is 0. The molecule has 0 saturated carbocycles. The van der Waals surface area contributed by atoms with E-state index in [-0.39, 0.29) is 0 Å². The van der Waals surface area contributed by atoms with Gasteiger partial charge in [0.05, 0.1) is 0 Å². The van der Waals surface area contributed by atoms with Gasteiger partial charge in [0.25, 0.3) is 0 Å². The summed E-state index contributed by atoms with van der Waals surface area (Å²) in [5, 5.41) is 0. The van der Waals surface area contributed by atoms with E-state index in [4.69, 9.17) is 0 Å². The summed E-state index contributed by atoms with van der Waals surface area (Å²) in [6.45, 7) is 5.64. The van der Waals surface area contributed by atoms with Crippen LogP contribution in [-0.4, -0.2) is 4.57 Å². The zero-order valence-electron chi connectivity index (χ0n) is 3.24. The van der Waals surface area contributed by atoms with Crippen LogP contribution in [0, 0.1) is 0 Å². The van der Waals surface area contributed by atoms with Crippen LogP contribution in [0.15, 0.2) is 12.6 Å². The Balaban J connectivity index is 2.83. The van der Waals surface area contributed by atoms with Gasteiger partial charge < -0.3 is 0 Å². The van der Waals surface area contributed by atoms with Gasteiger partial charge in [0.15, 0.2) is 0 Å². The van der Waals surface area contributed by atoms with Crippen molar-refractivity contribution < 1.29 is 0 Å². The van der Waals surface area contributed by atoms with E-state index in [9.17, 15) is 0 Å². The highest BCUT2D eigenvalue weighted by Crippen LogP contribution is 1.90. The smallest absolute Gasteiger partial charge is 0.144 e. The second kappa shape index (κ2) is 2.76. The van der Waals surface area contributed by atoms with Gasteiger partial charge in [-0.3, -0.25) is 0 Å². The van der Waals surface area contributed by atoms with E-state index in [1.165, 1.54) is 0 Å². The number of rotatable bonds is 1. The van der Waals surface area contributed by atoms with Gasteiger partial charge in [0, 0.05) is 0 Å².